The molecule has 0 heterocycles. The number of esters is 1. The number of benzene rings is 5. The molecule has 0 aliphatic heterocycles. The number of carbonyl (C=O) groups excluding carboxylic acids is 1. The highest BCUT2D eigenvalue weighted by Crippen LogP contribution is 2.54. The molecule has 0 amide bonds. The van der Waals surface area contributed by atoms with Crippen LogP contribution in [0.25, 0.3) is 11.1 Å². The number of carbonyl (C=O) groups is 1. The van der Waals surface area contributed by atoms with E-state index in [0.29, 0.717) is 6.61 Å². The molecule has 5 aromatic rings. The molecule has 0 bridgehead atoms. The van der Waals surface area contributed by atoms with Gasteiger partial charge in [0, 0.05) is 0 Å². The number of ether oxygens (including phenoxy) is 1. The van der Waals surface area contributed by atoms with Crippen LogP contribution in [-0.4, -0.2) is 5.97 Å². The van der Waals surface area contributed by atoms with Gasteiger partial charge in [0.1, 0.15) is 35.1 Å². The average molecular weight is 516 g/mol. The molecule has 0 radical (unpaired) electrons. The van der Waals surface area contributed by atoms with Gasteiger partial charge in [-0.3, -0.25) is 4.79 Å². The van der Waals surface area contributed by atoms with Gasteiger partial charge in [-0.05, 0) is 65.2 Å². The van der Waals surface area contributed by atoms with Crippen molar-refractivity contribution >= 4 is 34.4 Å². The van der Waals surface area contributed by atoms with Crippen LogP contribution in [0, 0.1) is 5.92 Å². The molecule has 38 heavy (non-hydrogen) atoms. The fourth-order valence-corrected chi connectivity index (χ4v) is 9.08. The van der Waals surface area contributed by atoms with E-state index in [1.165, 1.54) is 21.2 Å². The highest BCUT2D eigenvalue weighted by Gasteiger charge is 2.47. The van der Waals surface area contributed by atoms with Gasteiger partial charge in [-0.1, -0.05) is 105 Å². The van der Waals surface area contributed by atoms with Gasteiger partial charge in [-0.25, -0.2) is 0 Å². The van der Waals surface area contributed by atoms with Crippen molar-refractivity contribution < 1.29 is 9.53 Å². The molecule has 0 saturated carbocycles. The lowest BCUT2D eigenvalue weighted by molar-refractivity contribution is -0.148. The van der Waals surface area contributed by atoms with Crippen molar-refractivity contribution in [2.24, 2.45) is 5.92 Å². The lowest BCUT2D eigenvalue weighted by atomic mass is 10.0. The lowest BCUT2D eigenvalue weighted by Gasteiger charge is -2.27. The summed E-state index contributed by atoms with van der Waals surface area (Å²) >= 11 is 0. The second kappa shape index (κ2) is 11.6. The van der Waals surface area contributed by atoms with E-state index in [1.54, 1.807) is 0 Å². The molecule has 5 aromatic carbocycles. The normalized spacial score (nSPS) is 11.3. The van der Waals surface area contributed by atoms with Crippen LogP contribution < -0.4 is 21.2 Å². The predicted octanol–water partition coefficient (Wildman–Crippen LogP) is 6.67. The van der Waals surface area contributed by atoms with Crippen molar-refractivity contribution in [3.63, 3.8) is 0 Å². The van der Waals surface area contributed by atoms with Crippen molar-refractivity contribution in [3.05, 3.63) is 145 Å². The zero-order valence-electron chi connectivity index (χ0n) is 21.8. The molecule has 0 spiro atoms. The first-order valence-electron chi connectivity index (χ1n) is 13.0. The summed E-state index contributed by atoms with van der Waals surface area (Å²) in [6.45, 7) is 3.99. The Kier molecular flexibility index (Phi) is 7.82. The number of rotatable bonds is 8. The molecule has 5 rings (SSSR count). The maximum Gasteiger partial charge on any atom is 0.308 e. The Morgan fingerprint density at radius 1 is 0.553 bits per heavy atom. The minimum atomic E-state index is -2.10. The highest BCUT2D eigenvalue weighted by atomic mass is 31.2. The molecular weight excluding hydrogens is 483 g/mol. The first-order valence-corrected chi connectivity index (χ1v) is 14.8. The van der Waals surface area contributed by atoms with Gasteiger partial charge in [0.05, 0.1) is 5.92 Å². The summed E-state index contributed by atoms with van der Waals surface area (Å²) in [5.74, 6) is -0.294. The third-order valence-corrected chi connectivity index (χ3v) is 11.1. The van der Waals surface area contributed by atoms with Crippen molar-refractivity contribution in [2.75, 3.05) is 0 Å². The van der Waals surface area contributed by atoms with Crippen LogP contribution in [0.3, 0.4) is 0 Å². The fourth-order valence-electron chi connectivity index (χ4n) is 4.84. The minimum Gasteiger partial charge on any atom is -0.461 e. The smallest absolute Gasteiger partial charge is 0.308 e. The van der Waals surface area contributed by atoms with Gasteiger partial charge in [0.2, 0.25) is 0 Å². The van der Waals surface area contributed by atoms with Crippen LogP contribution >= 0.6 is 7.26 Å². The van der Waals surface area contributed by atoms with Crippen LogP contribution in [0.4, 0.5) is 0 Å². The topological polar surface area (TPSA) is 26.3 Å². The molecule has 188 valence electrons. The maximum atomic E-state index is 11.8. The van der Waals surface area contributed by atoms with Gasteiger partial charge in [0.15, 0.2) is 0 Å². The zero-order valence-corrected chi connectivity index (χ0v) is 22.7. The van der Waals surface area contributed by atoms with E-state index in [9.17, 15) is 4.79 Å². The van der Waals surface area contributed by atoms with Crippen LogP contribution in [0.1, 0.15) is 19.4 Å². The Morgan fingerprint density at radius 3 is 1.32 bits per heavy atom. The summed E-state index contributed by atoms with van der Waals surface area (Å²) in [4.78, 5) is 11.8. The molecule has 0 aliphatic carbocycles. The summed E-state index contributed by atoms with van der Waals surface area (Å²) in [5, 5.41) is 5.34. The largest absolute Gasteiger partial charge is 0.461 e. The molecule has 0 aliphatic rings. The molecule has 2 nitrogen and oxygen atoms in total. The van der Waals surface area contributed by atoms with Gasteiger partial charge < -0.3 is 4.74 Å². The van der Waals surface area contributed by atoms with Crippen molar-refractivity contribution in [1.29, 1.82) is 0 Å². The minimum absolute atomic E-state index is 0.120. The molecular formula is C35H32O2P+. The van der Waals surface area contributed by atoms with Gasteiger partial charge >= 0.3 is 5.97 Å². The van der Waals surface area contributed by atoms with Gasteiger partial charge in [-0.2, -0.15) is 0 Å². The zero-order chi connectivity index (χ0) is 26.4. The Morgan fingerprint density at radius 2 is 0.921 bits per heavy atom. The summed E-state index contributed by atoms with van der Waals surface area (Å²) in [7, 11) is -2.10. The summed E-state index contributed by atoms with van der Waals surface area (Å²) in [6.07, 6.45) is 0. The van der Waals surface area contributed by atoms with E-state index in [-0.39, 0.29) is 11.9 Å². The van der Waals surface area contributed by atoms with E-state index in [4.69, 9.17) is 4.74 Å². The molecule has 0 unspecified atom stereocenters. The predicted molar refractivity (Wildman–Crippen MR) is 161 cm³/mol. The van der Waals surface area contributed by atoms with Crippen LogP contribution in [0.15, 0.2) is 140 Å². The third-order valence-electron chi connectivity index (χ3n) is 6.82. The van der Waals surface area contributed by atoms with E-state index < -0.39 is 7.26 Å². The molecule has 0 saturated heterocycles. The van der Waals surface area contributed by atoms with Crippen molar-refractivity contribution in [2.45, 2.75) is 20.5 Å². The first kappa shape index (κ1) is 25.6. The fraction of sp³-hybridized carbons (Fsp3) is 0.114. The monoisotopic (exact) mass is 515 g/mol. The van der Waals surface area contributed by atoms with E-state index >= 15 is 0 Å². The maximum absolute atomic E-state index is 11.8. The quantitative estimate of drug-likeness (QED) is 0.170. The highest BCUT2D eigenvalue weighted by molar-refractivity contribution is 8.01. The lowest BCUT2D eigenvalue weighted by Crippen LogP contribution is -2.38. The molecule has 0 aromatic heterocycles. The van der Waals surface area contributed by atoms with Crippen molar-refractivity contribution in [3.8, 4) is 11.1 Å². The first-order chi connectivity index (χ1) is 18.6. The second-order valence-corrected chi connectivity index (χ2v) is 13.1. The number of hydrogen-bond acceptors (Lipinski definition) is 2. The number of hydrogen-bond donors (Lipinski definition) is 0. The summed E-state index contributed by atoms with van der Waals surface area (Å²) < 4.78 is 5.38. The van der Waals surface area contributed by atoms with E-state index in [1.807, 2.05) is 26.0 Å². The Labute approximate surface area is 226 Å². The summed E-state index contributed by atoms with van der Waals surface area (Å²) in [6, 6.07) is 50.1. The molecule has 3 heteroatoms. The SMILES string of the molecule is CC(C)C(=O)OCc1ccc(-c2ccc([P+](c3ccccc3)(c3ccccc3)c3ccccc3)cc2)cc1. The van der Waals surface area contributed by atoms with Gasteiger partial charge in [0.25, 0.3) is 0 Å². The molecule has 0 N–H and O–H groups in total. The standard InChI is InChI=1S/C35H32O2P/c1-27(2)35(36)37-26-28-18-20-29(21-19-28)30-22-24-34(25-23-30)38(31-12-6-3-7-13-31,32-14-8-4-9-15-32)33-16-10-5-11-17-33/h3-25,27H,26H2,1-2H3/q+1. The third kappa shape index (κ3) is 5.19. The Bertz CT molecular complexity index is 1360. The van der Waals surface area contributed by atoms with E-state index in [2.05, 4.69) is 127 Å². The molecule has 0 atom stereocenters. The van der Waals surface area contributed by atoms with Gasteiger partial charge in [-0.15, -0.1) is 0 Å². The molecule has 0 fully saturated rings. The van der Waals surface area contributed by atoms with Crippen molar-refractivity contribution in [1.82, 2.24) is 0 Å². The Hall–Kier alpha value is -4.00. The Balaban J connectivity index is 1.54. The van der Waals surface area contributed by atoms with Crippen LogP contribution in [-0.2, 0) is 16.1 Å². The summed E-state index contributed by atoms with van der Waals surface area (Å²) in [5.41, 5.74) is 3.28. The second-order valence-electron chi connectivity index (χ2n) is 9.68. The van der Waals surface area contributed by atoms with E-state index in [0.717, 1.165) is 16.7 Å². The average Bonchev–Trinajstić information content (AvgIpc) is 2.98. The van der Waals surface area contributed by atoms with Crippen LogP contribution in [0.5, 0.6) is 0 Å². The van der Waals surface area contributed by atoms with Crippen LogP contribution in [0.2, 0.25) is 0 Å².